The Labute approximate surface area is 174 Å². The van der Waals surface area contributed by atoms with Crippen LogP contribution in [0, 0.1) is 18.8 Å². The molecule has 30 heavy (non-hydrogen) atoms. The highest BCUT2D eigenvalue weighted by Gasteiger charge is 2.55. The summed E-state index contributed by atoms with van der Waals surface area (Å²) in [6.45, 7) is 3.40. The number of amides is 1. The molecule has 2 saturated carbocycles. The van der Waals surface area contributed by atoms with Crippen LogP contribution in [0.25, 0.3) is 0 Å². The maximum atomic E-state index is 13.0. The smallest absolute Gasteiger partial charge is 0.254 e. The topological polar surface area (TPSA) is 101 Å². The third kappa shape index (κ3) is 3.42. The molecule has 0 unspecified atom stereocenters. The standard InChI is InChI=1S/C22H28N4O4/c1-14-9-17(27)11-20(29)26(14)8-6-19(28)25-12-16-3-2-7-22(16,13-25)21-23-18(24-30-21)10-15-4-5-15/h9,11,15-16,27H,2-8,10,12-13H2,1H3/t16-,22-/m1/s1. The van der Waals surface area contributed by atoms with Gasteiger partial charge in [0.25, 0.3) is 5.56 Å². The molecule has 0 spiro atoms. The van der Waals surface area contributed by atoms with Crippen LogP contribution < -0.4 is 5.56 Å². The Morgan fingerprint density at radius 2 is 2.17 bits per heavy atom. The van der Waals surface area contributed by atoms with Crippen molar-refractivity contribution in [1.82, 2.24) is 19.6 Å². The number of hydrogen-bond donors (Lipinski definition) is 1. The van der Waals surface area contributed by atoms with E-state index in [9.17, 15) is 14.7 Å². The highest BCUT2D eigenvalue weighted by atomic mass is 16.5. The second kappa shape index (κ2) is 7.25. The summed E-state index contributed by atoms with van der Waals surface area (Å²) >= 11 is 0. The summed E-state index contributed by atoms with van der Waals surface area (Å²) in [5.74, 6) is 2.58. The van der Waals surface area contributed by atoms with Gasteiger partial charge in [-0.2, -0.15) is 4.98 Å². The minimum atomic E-state index is -0.288. The molecule has 3 heterocycles. The molecule has 1 amide bonds. The molecule has 1 saturated heterocycles. The van der Waals surface area contributed by atoms with Crippen molar-refractivity contribution < 1.29 is 14.4 Å². The molecule has 0 radical (unpaired) electrons. The predicted octanol–water partition coefficient (Wildman–Crippen LogP) is 2.17. The zero-order valence-electron chi connectivity index (χ0n) is 17.3. The first-order valence-corrected chi connectivity index (χ1v) is 11.0. The van der Waals surface area contributed by atoms with E-state index in [1.165, 1.54) is 29.5 Å². The number of pyridine rings is 1. The van der Waals surface area contributed by atoms with E-state index >= 15 is 0 Å². The molecule has 0 aromatic carbocycles. The van der Waals surface area contributed by atoms with E-state index in [-0.39, 0.29) is 29.1 Å². The van der Waals surface area contributed by atoms with Crippen LogP contribution >= 0.6 is 0 Å². The Morgan fingerprint density at radius 3 is 2.93 bits per heavy atom. The van der Waals surface area contributed by atoms with E-state index in [4.69, 9.17) is 9.51 Å². The highest BCUT2D eigenvalue weighted by molar-refractivity contribution is 5.76. The van der Waals surface area contributed by atoms with Crippen molar-refractivity contribution in [2.24, 2.45) is 11.8 Å². The maximum absolute atomic E-state index is 13.0. The summed E-state index contributed by atoms with van der Waals surface area (Å²) in [7, 11) is 0. The summed E-state index contributed by atoms with van der Waals surface area (Å²) in [6.07, 6.45) is 6.82. The van der Waals surface area contributed by atoms with Crippen molar-refractivity contribution in [2.75, 3.05) is 13.1 Å². The third-order valence-electron chi connectivity index (χ3n) is 7.15. The van der Waals surface area contributed by atoms with Crippen LogP contribution in [0.15, 0.2) is 21.5 Å². The fourth-order valence-corrected chi connectivity index (χ4v) is 5.31. The normalized spacial score (nSPS) is 25.6. The molecule has 1 aliphatic heterocycles. The second-order valence-electron chi connectivity index (χ2n) is 9.28. The van der Waals surface area contributed by atoms with E-state index in [1.807, 2.05) is 4.90 Å². The molecule has 3 aliphatic rings. The van der Waals surface area contributed by atoms with Crippen LogP contribution in [0.4, 0.5) is 0 Å². The first-order chi connectivity index (χ1) is 14.4. The van der Waals surface area contributed by atoms with Crippen molar-refractivity contribution in [2.45, 2.75) is 63.8 Å². The lowest BCUT2D eigenvalue weighted by Crippen LogP contribution is -2.35. The lowest BCUT2D eigenvalue weighted by atomic mass is 9.80. The van der Waals surface area contributed by atoms with Gasteiger partial charge in [0.05, 0.1) is 5.41 Å². The van der Waals surface area contributed by atoms with E-state index in [0.29, 0.717) is 43.1 Å². The fraction of sp³-hybridized carbons (Fsp3) is 0.636. The number of aryl methyl sites for hydroxylation is 1. The van der Waals surface area contributed by atoms with Gasteiger partial charge < -0.3 is 19.1 Å². The summed E-state index contributed by atoms with van der Waals surface area (Å²) in [4.78, 5) is 31.7. The molecule has 2 atom stereocenters. The van der Waals surface area contributed by atoms with Gasteiger partial charge in [0.1, 0.15) is 5.75 Å². The molecule has 2 aliphatic carbocycles. The molecular formula is C22H28N4O4. The zero-order chi connectivity index (χ0) is 20.9. The summed E-state index contributed by atoms with van der Waals surface area (Å²) in [5, 5.41) is 13.8. The van der Waals surface area contributed by atoms with Gasteiger partial charge in [0.2, 0.25) is 11.8 Å². The second-order valence-corrected chi connectivity index (χ2v) is 9.28. The van der Waals surface area contributed by atoms with Gasteiger partial charge in [-0.05, 0) is 50.5 Å². The van der Waals surface area contributed by atoms with E-state index in [0.717, 1.165) is 31.5 Å². The van der Waals surface area contributed by atoms with Gasteiger partial charge in [-0.25, -0.2) is 0 Å². The monoisotopic (exact) mass is 412 g/mol. The van der Waals surface area contributed by atoms with Gasteiger partial charge >= 0.3 is 0 Å². The Kier molecular flexibility index (Phi) is 4.67. The lowest BCUT2D eigenvalue weighted by Gasteiger charge is -2.24. The summed E-state index contributed by atoms with van der Waals surface area (Å²) in [5.41, 5.74) is 0.149. The Bertz CT molecular complexity index is 1020. The maximum Gasteiger partial charge on any atom is 0.254 e. The number of carbonyl (C=O) groups is 1. The first-order valence-electron chi connectivity index (χ1n) is 11.0. The van der Waals surface area contributed by atoms with Crippen LogP contribution in [0.3, 0.4) is 0 Å². The number of aromatic hydroxyl groups is 1. The van der Waals surface area contributed by atoms with Crippen molar-refractivity contribution in [3.8, 4) is 5.75 Å². The molecule has 160 valence electrons. The molecule has 3 fully saturated rings. The largest absolute Gasteiger partial charge is 0.508 e. The number of carbonyl (C=O) groups excluding carboxylic acids is 1. The molecule has 2 aromatic rings. The van der Waals surface area contributed by atoms with Gasteiger partial charge in [0.15, 0.2) is 5.82 Å². The first kappa shape index (κ1) is 19.3. The number of nitrogens with zero attached hydrogens (tertiary/aromatic N) is 4. The minimum Gasteiger partial charge on any atom is -0.508 e. The van der Waals surface area contributed by atoms with Crippen LogP contribution in [0.5, 0.6) is 5.75 Å². The zero-order valence-corrected chi connectivity index (χ0v) is 17.3. The molecule has 0 bridgehead atoms. The fourth-order valence-electron chi connectivity index (χ4n) is 5.31. The molecule has 8 nitrogen and oxygen atoms in total. The Hall–Kier alpha value is -2.64. The molecule has 1 N–H and O–H groups in total. The average Bonchev–Trinajstić information content (AvgIpc) is 3.08. The molecular weight excluding hydrogens is 384 g/mol. The number of aromatic nitrogens is 3. The van der Waals surface area contributed by atoms with Crippen LogP contribution in [0.2, 0.25) is 0 Å². The van der Waals surface area contributed by atoms with Gasteiger partial charge in [-0.15, -0.1) is 0 Å². The van der Waals surface area contributed by atoms with Crippen LogP contribution in [-0.4, -0.2) is 43.7 Å². The molecule has 8 heteroatoms. The third-order valence-corrected chi connectivity index (χ3v) is 7.15. The van der Waals surface area contributed by atoms with E-state index in [1.54, 1.807) is 6.92 Å². The van der Waals surface area contributed by atoms with Crippen molar-refractivity contribution in [1.29, 1.82) is 0 Å². The molecule has 5 rings (SSSR count). The summed E-state index contributed by atoms with van der Waals surface area (Å²) in [6, 6.07) is 2.72. The minimum absolute atomic E-state index is 0.0425. The molecule has 2 aromatic heterocycles. The number of hydrogen-bond acceptors (Lipinski definition) is 6. The number of fused-ring (bicyclic) bond motifs is 1. The summed E-state index contributed by atoms with van der Waals surface area (Å²) < 4.78 is 7.25. The van der Waals surface area contributed by atoms with Gasteiger partial charge in [-0.3, -0.25) is 9.59 Å². The van der Waals surface area contributed by atoms with Gasteiger partial charge in [0, 0.05) is 44.2 Å². The van der Waals surface area contributed by atoms with Gasteiger partial charge in [-0.1, -0.05) is 11.6 Å². The van der Waals surface area contributed by atoms with E-state index < -0.39 is 0 Å². The Morgan fingerprint density at radius 1 is 1.33 bits per heavy atom. The highest BCUT2D eigenvalue weighted by Crippen LogP contribution is 2.50. The van der Waals surface area contributed by atoms with Crippen LogP contribution in [-0.2, 0) is 23.2 Å². The number of rotatable bonds is 6. The van der Waals surface area contributed by atoms with Crippen molar-refractivity contribution in [3.05, 3.63) is 39.9 Å². The number of likely N-dealkylation sites (tertiary alicyclic amines) is 1. The average molecular weight is 412 g/mol. The van der Waals surface area contributed by atoms with E-state index in [2.05, 4.69) is 5.16 Å². The van der Waals surface area contributed by atoms with Crippen molar-refractivity contribution in [3.63, 3.8) is 0 Å². The SMILES string of the molecule is Cc1cc(O)cc(=O)n1CCC(=O)N1C[C@H]2CCC[C@@]2(c2nc(CC3CC3)no2)C1. The lowest BCUT2D eigenvalue weighted by molar-refractivity contribution is -0.130. The van der Waals surface area contributed by atoms with Crippen molar-refractivity contribution >= 4 is 5.91 Å². The Balaban J connectivity index is 1.28. The quantitative estimate of drug-likeness (QED) is 0.780. The van der Waals surface area contributed by atoms with Crippen LogP contribution in [0.1, 0.15) is 55.9 Å². The predicted molar refractivity (Wildman–Crippen MR) is 108 cm³/mol.